The third kappa shape index (κ3) is 1.72. The molecule has 1 aromatic heterocycles. The summed E-state index contributed by atoms with van der Waals surface area (Å²) < 4.78 is 1.68. The largest absolute Gasteiger partial charge is 0.367 e. The smallest absolute Gasteiger partial charge is 0.168 e. The third-order valence-electron chi connectivity index (χ3n) is 1.16. The molecule has 0 atom stereocenters. The van der Waals surface area contributed by atoms with Gasteiger partial charge in [0, 0.05) is 13.6 Å². The van der Waals surface area contributed by atoms with Gasteiger partial charge in [0.1, 0.15) is 0 Å². The number of hydrogen-bond donors (Lipinski definition) is 1. The molecule has 56 valence electrons. The molecule has 0 bridgehead atoms. The molecule has 0 fully saturated rings. The van der Waals surface area contributed by atoms with Crippen molar-refractivity contribution < 1.29 is 0 Å². The number of aryl methyl sites for hydroxylation is 1. The number of anilines is 1. The van der Waals surface area contributed by atoms with Crippen LogP contribution in [0, 0.1) is 0 Å². The molecule has 1 aromatic rings. The Hall–Kier alpha value is -1.06. The molecule has 4 nitrogen and oxygen atoms in total. The van der Waals surface area contributed by atoms with Gasteiger partial charge in [0.2, 0.25) is 0 Å². The van der Waals surface area contributed by atoms with Crippen molar-refractivity contribution in [1.82, 2.24) is 15.0 Å². The summed E-state index contributed by atoms with van der Waals surface area (Å²) in [4.78, 5) is 0. The van der Waals surface area contributed by atoms with Crippen LogP contribution in [0.25, 0.3) is 0 Å². The maximum atomic E-state index is 3.86. The molecular weight excluding hydrogens is 128 g/mol. The van der Waals surface area contributed by atoms with Crippen molar-refractivity contribution in [1.29, 1.82) is 0 Å². The lowest BCUT2D eigenvalue weighted by Gasteiger charge is -1.95. The van der Waals surface area contributed by atoms with E-state index in [1.807, 2.05) is 13.2 Å². The van der Waals surface area contributed by atoms with E-state index in [2.05, 4.69) is 22.6 Å². The Balaban J connectivity index is 2.42. The van der Waals surface area contributed by atoms with Gasteiger partial charge in [-0.15, -0.1) is 5.10 Å². The lowest BCUT2D eigenvalue weighted by Crippen LogP contribution is -1.99. The van der Waals surface area contributed by atoms with Crippen LogP contribution in [0.2, 0.25) is 0 Å². The Kier molecular flexibility index (Phi) is 2.25. The number of rotatable bonds is 3. The van der Waals surface area contributed by atoms with Gasteiger partial charge in [-0.25, -0.2) is 0 Å². The van der Waals surface area contributed by atoms with Crippen molar-refractivity contribution in [2.24, 2.45) is 7.05 Å². The second-order valence-corrected chi connectivity index (χ2v) is 2.20. The zero-order valence-electron chi connectivity index (χ0n) is 6.33. The number of nitrogens with one attached hydrogen (secondary N) is 1. The van der Waals surface area contributed by atoms with Crippen LogP contribution in [-0.4, -0.2) is 21.5 Å². The maximum Gasteiger partial charge on any atom is 0.168 e. The van der Waals surface area contributed by atoms with Gasteiger partial charge in [-0.2, -0.15) is 0 Å². The van der Waals surface area contributed by atoms with Gasteiger partial charge in [-0.05, 0) is 6.42 Å². The lowest BCUT2D eigenvalue weighted by molar-refractivity contribution is 0.715. The standard InChI is InChI=1S/C6H12N4/c1-3-4-7-6-5-10(2)9-8-6/h5,7H,3-4H2,1-2H3. The lowest BCUT2D eigenvalue weighted by atomic mass is 10.5. The predicted octanol–water partition coefficient (Wildman–Crippen LogP) is 0.637. The number of aromatic nitrogens is 3. The minimum absolute atomic E-state index is 0.851. The van der Waals surface area contributed by atoms with Gasteiger partial charge in [-0.1, -0.05) is 12.1 Å². The molecule has 1 heterocycles. The van der Waals surface area contributed by atoms with Crippen molar-refractivity contribution in [3.63, 3.8) is 0 Å². The summed E-state index contributed by atoms with van der Waals surface area (Å²) >= 11 is 0. The molecule has 0 saturated carbocycles. The Morgan fingerprint density at radius 1 is 1.70 bits per heavy atom. The van der Waals surface area contributed by atoms with E-state index in [1.54, 1.807) is 4.68 Å². The molecule has 1 N–H and O–H groups in total. The summed E-state index contributed by atoms with van der Waals surface area (Å²) in [6, 6.07) is 0. The predicted molar refractivity (Wildman–Crippen MR) is 39.8 cm³/mol. The molecule has 10 heavy (non-hydrogen) atoms. The van der Waals surface area contributed by atoms with Crippen molar-refractivity contribution in [3.05, 3.63) is 6.20 Å². The fraction of sp³-hybridized carbons (Fsp3) is 0.667. The van der Waals surface area contributed by atoms with E-state index in [0.717, 1.165) is 18.8 Å². The molecule has 0 amide bonds. The van der Waals surface area contributed by atoms with Crippen molar-refractivity contribution in [2.75, 3.05) is 11.9 Å². The second-order valence-electron chi connectivity index (χ2n) is 2.20. The van der Waals surface area contributed by atoms with Gasteiger partial charge in [-0.3, -0.25) is 4.68 Å². The van der Waals surface area contributed by atoms with Crippen molar-refractivity contribution >= 4 is 5.82 Å². The van der Waals surface area contributed by atoms with Gasteiger partial charge in [0.25, 0.3) is 0 Å². The molecule has 0 unspecified atom stereocenters. The second kappa shape index (κ2) is 3.20. The van der Waals surface area contributed by atoms with E-state index >= 15 is 0 Å². The fourth-order valence-corrected chi connectivity index (χ4v) is 0.681. The quantitative estimate of drug-likeness (QED) is 0.669. The topological polar surface area (TPSA) is 42.7 Å². The van der Waals surface area contributed by atoms with Crippen LogP contribution >= 0.6 is 0 Å². The molecule has 0 radical (unpaired) electrons. The summed E-state index contributed by atoms with van der Waals surface area (Å²) in [5.41, 5.74) is 0. The van der Waals surface area contributed by atoms with Crippen LogP contribution in [0.1, 0.15) is 13.3 Å². The highest BCUT2D eigenvalue weighted by Gasteiger charge is 1.92. The zero-order chi connectivity index (χ0) is 7.40. The first-order valence-corrected chi connectivity index (χ1v) is 3.43. The zero-order valence-corrected chi connectivity index (χ0v) is 6.33. The maximum absolute atomic E-state index is 3.86. The van der Waals surface area contributed by atoms with E-state index in [-0.39, 0.29) is 0 Å². The van der Waals surface area contributed by atoms with Crippen LogP contribution in [0.5, 0.6) is 0 Å². The average molecular weight is 140 g/mol. The minimum atomic E-state index is 0.851. The van der Waals surface area contributed by atoms with Crippen LogP contribution in [0.4, 0.5) is 5.82 Å². The van der Waals surface area contributed by atoms with E-state index < -0.39 is 0 Å². The molecule has 0 aliphatic carbocycles. The summed E-state index contributed by atoms with van der Waals surface area (Å²) in [5, 5.41) is 10.7. The number of hydrogen-bond acceptors (Lipinski definition) is 3. The monoisotopic (exact) mass is 140 g/mol. The molecule has 1 rings (SSSR count). The van der Waals surface area contributed by atoms with Crippen LogP contribution in [-0.2, 0) is 7.05 Å². The van der Waals surface area contributed by atoms with Crippen molar-refractivity contribution in [3.8, 4) is 0 Å². The summed E-state index contributed by atoms with van der Waals surface area (Å²) in [7, 11) is 1.85. The van der Waals surface area contributed by atoms with Crippen LogP contribution in [0.3, 0.4) is 0 Å². The SMILES string of the molecule is CCCNc1cn(C)nn1. The highest BCUT2D eigenvalue weighted by molar-refractivity contribution is 5.28. The Morgan fingerprint density at radius 2 is 2.50 bits per heavy atom. The molecule has 0 aromatic carbocycles. The van der Waals surface area contributed by atoms with Gasteiger partial charge < -0.3 is 5.32 Å². The van der Waals surface area contributed by atoms with Crippen LogP contribution < -0.4 is 5.32 Å². The minimum Gasteiger partial charge on any atom is -0.367 e. The molecular formula is C6H12N4. The normalized spacial score (nSPS) is 9.80. The number of nitrogens with zero attached hydrogens (tertiary/aromatic N) is 3. The van der Waals surface area contributed by atoms with Crippen molar-refractivity contribution in [2.45, 2.75) is 13.3 Å². The van der Waals surface area contributed by atoms with E-state index in [0.29, 0.717) is 0 Å². The highest BCUT2D eigenvalue weighted by atomic mass is 15.4. The van der Waals surface area contributed by atoms with Gasteiger partial charge >= 0.3 is 0 Å². The Bertz CT molecular complexity index is 193. The fourth-order valence-electron chi connectivity index (χ4n) is 0.681. The summed E-state index contributed by atoms with van der Waals surface area (Å²) in [6.07, 6.45) is 2.96. The molecule has 4 heteroatoms. The first kappa shape index (κ1) is 7.05. The molecule has 0 saturated heterocycles. The summed E-state index contributed by atoms with van der Waals surface area (Å²) in [5.74, 6) is 0.851. The molecule has 0 spiro atoms. The first-order valence-electron chi connectivity index (χ1n) is 3.43. The molecule has 0 aliphatic heterocycles. The van der Waals surface area contributed by atoms with E-state index in [9.17, 15) is 0 Å². The average Bonchev–Trinajstić information content (AvgIpc) is 2.31. The molecule has 0 aliphatic rings. The van der Waals surface area contributed by atoms with Gasteiger partial charge in [0.15, 0.2) is 5.82 Å². The van der Waals surface area contributed by atoms with Gasteiger partial charge in [0.05, 0.1) is 6.20 Å². The van der Waals surface area contributed by atoms with Crippen LogP contribution in [0.15, 0.2) is 6.20 Å². The van der Waals surface area contributed by atoms with E-state index in [1.165, 1.54) is 0 Å². The van der Waals surface area contributed by atoms with E-state index in [4.69, 9.17) is 0 Å². The summed E-state index contributed by atoms with van der Waals surface area (Å²) in [6.45, 7) is 3.07. The Morgan fingerprint density at radius 3 is 3.00 bits per heavy atom. The first-order chi connectivity index (χ1) is 4.83. The highest BCUT2D eigenvalue weighted by Crippen LogP contribution is 1.96. The third-order valence-corrected chi connectivity index (χ3v) is 1.16. The Labute approximate surface area is 60.2 Å².